The number of β-amino-alcohol motifs (C(OH)–C–C–N with tert-alkyl or cyclic N) is 1. The SMILES string of the molecule is Cc1cc(N2CC(C)(O)C2)cc([N+](=O)[O-])c1. The first-order valence-corrected chi connectivity index (χ1v) is 5.11. The molecule has 1 aromatic rings. The van der Waals surface area contributed by atoms with Crippen molar-refractivity contribution in [2.24, 2.45) is 0 Å². The van der Waals surface area contributed by atoms with Crippen molar-refractivity contribution in [1.82, 2.24) is 0 Å². The third-order valence-corrected chi connectivity index (χ3v) is 2.69. The van der Waals surface area contributed by atoms with Crippen LogP contribution >= 0.6 is 0 Å². The average molecular weight is 222 g/mol. The fraction of sp³-hybridized carbons (Fsp3) is 0.455. The second kappa shape index (κ2) is 3.45. The summed E-state index contributed by atoms with van der Waals surface area (Å²) in [5.74, 6) is 0. The first kappa shape index (κ1) is 10.9. The van der Waals surface area contributed by atoms with Gasteiger partial charge >= 0.3 is 0 Å². The van der Waals surface area contributed by atoms with Crippen LogP contribution in [0, 0.1) is 17.0 Å². The molecule has 5 heteroatoms. The van der Waals surface area contributed by atoms with Crippen LogP contribution in [0.3, 0.4) is 0 Å². The minimum Gasteiger partial charge on any atom is -0.386 e. The molecule has 0 spiro atoms. The molecular weight excluding hydrogens is 208 g/mol. The lowest BCUT2D eigenvalue weighted by Crippen LogP contribution is -2.60. The minimum atomic E-state index is -0.668. The molecule has 1 aromatic carbocycles. The van der Waals surface area contributed by atoms with Crippen molar-refractivity contribution in [3.8, 4) is 0 Å². The van der Waals surface area contributed by atoms with Gasteiger partial charge in [-0.1, -0.05) is 0 Å². The van der Waals surface area contributed by atoms with Crippen LogP contribution in [0.15, 0.2) is 18.2 Å². The third kappa shape index (κ3) is 1.99. The van der Waals surface area contributed by atoms with E-state index in [4.69, 9.17) is 0 Å². The van der Waals surface area contributed by atoms with Crippen molar-refractivity contribution >= 4 is 11.4 Å². The maximum Gasteiger partial charge on any atom is 0.271 e. The summed E-state index contributed by atoms with van der Waals surface area (Å²) >= 11 is 0. The van der Waals surface area contributed by atoms with Gasteiger partial charge < -0.3 is 10.0 Å². The van der Waals surface area contributed by atoms with Gasteiger partial charge in [0.05, 0.1) is 10.5 Å². The summed E-state index contributed by atoms with van der Waals surface area (Å²) in [6, 6.07) is 4.98. The summed E-state index contributed by atoms with van der Waals surface area (Å²) in [5.41, 5.74) is 1.09. The molecule has 0 unspecified atom stereocenters. The van der Waals surface area contributed by atoms with E-state index in [2.05, 4.69) is 0 Å². The highest BCUT2D eigenvalue weighted by atomic mass is 16.6. The monoisotopic (exact) mass is 222 g/mol. The molecule has 1 fully saturated rings. The Balaban J connectivity index is 2.26. The van der Waals surface area contributed by atoms with E-state index < -0.39 is 10.5 Å². The Morgan fingerprint density at radius 3 is 2.56 bits per heavy atom. The lowest BCUT2D eigenvalue weighted by atomic mass is 9.96. The zero-order valence-electron chi connectivity index (χ0n) is 9.30. The van der Waals surface area contributed by atoms with Gasteiger partial charge in [0, 0.05) is 30.9 Å². The van der Waals surface area contributed by atoms with Crippen molar-refractivity contribution in [1.29, 1.82) is 0 Å². The van der Waals surface area contributed by atoms with E-state index in [-0.39, 0.29) is 5.69 Å². The molecule has 1 aliphatic rings. The van der Waals surface area contributed by atoms with Crippen LogP contribution in [-0.4, -0.2) is 28.7 Å². The van der Waals surface area contributed by atoms with Crippen LogP contribution in [0.2, 0.25) is 0 Å². The second-order valence-electron chi connectivity index (χ2n) is 4.64. The summed E-state index contributed by atoms with van der Waals surface area (Å²) in [6.45, 7) is 4.63. The fourth-order valence-electron chi connectivity index (χ4n) is 1.99. The molecule has 16 heavy (non-hydrogen) atoms. The summed E-state index contributed by atoms with van der Waals surface area (Å²) in [5, 5.41) is 20.3. The summed E-state index contributed by atoms with van der Waals surface area (Å²) in [4.78, 5) is 12.2. The average Bonchev–Trinajstić information content (AvgIpc) is 2.12. The molecule has 0 bridgehead atoms. The number of aliphatic hydroxyl groups is 1. The number of non-ortho nitro benzene ring substituents is 1. The van der Waals surface area contributed by atoms with Crippen LogP contribution in [0.25, 0.3) is 0 Å². The molecule has 1 heterocycles. The molecular formula is C11H14N2O3. The number of nitro groups is 1. The smallest absolute Gasteiger partial charge is 0.271 e. The molecule has 0 aliphatic carbocycles. The Morgan fingerprint density at radius 1 is 1.44 bits per heavy atom. The van der Waals surface area contributed by atoms with E-state index in [0.717, 1.165) is 11.3 Å². The number of anilines is 1. The second-order valence-corrected chi connectivity index (χ2v) is 4.64. The van der Waals surface area contributed by atoms with E-state index in [1.807, 2.05) is 17.9 Å². The lowest BCUT2D eigenvalue weighted by molar-refractivity contribution is -0.384. The van der Waals surface area contributed by atoms with Crippen LogP contribution in [0.5, 0.6) is 0 Å². The quantitative estimate of drug-likeness (QED) is 0.608. The predicted molar refractivity (Wildman–Crippen MR) is 60.7 cm³/mol. The van der Waals surface area contributed by atoms with Gasteiger partial charge in [-0.05, 0) is 25.5 Å². The Labute approximate surface area is 93.5 Å². The molecule has 0 aromatic heterocycles. The predicted octanol–water partition coefficient (Wildman–Crippen LogP) is 1.47. The Bertz CT molecular complexity index is 435. The van der Waals surface area contributed by atoms with Crippen LogP contribution < -0.4 is 4.90 Å². The van der Waals surface area contributed by atoms with Crippen LogP contribution in [-0.2, 0) is 0 Å². The van der Waals surface area contributed by atoms with Gasteiger partial charge in [0.1, 0.15) is 0 Å². The number of nitro benzene ring substituents is 1. The molecule has 86 valence electrons. The topological polar surface area (TPSA) is 66.6 Å². The van der Waals surface area contributed by atoms with Gasteiger partial charge in [0.15, 0.2) is 0 Å². The third-order valence-electron chi connectivity index (χ3n) is 2.69. The van der Waals surface area contributed by atoms with Gasteiger partial charge in [-0.25, -0.2) is 0 Å². The minimum absolute atomic E-state index is 0.0987. The van der Waals surface area contributed by atoms with Crippen molar-refractivity contribution in [2.45, 2.75) is 19.4 Å². The van der Waals surface area contributed by atoms with Gasteiger partial charge in [-0.15, -0.1) is 0 Å². The number of hydrogen-bond acceptors (Lipinski definition) is 4. The number of benzene rings is 1. The van der Waals surface area contributed by atoms with Gasteiger partial charge in [0.25, 0.3) is 5.69 Å². The molecule has 5 nitrogen and oxygen atoms in total. The highest BCUT2D eigenvalue weighted by molar-refractivity contribution is 5.57. The number of aryl methyl sites for hydroxylation is 1. The van der Waals surface area contributed by atoms with Crippen molar-refractivity contribution in [3.63, 3.8) is 0 Å². The van der Waals surface area contributed by atoms with E-state index in [1.54, 1.807) is 19.1 Å². The zero-order chi connectivity index (χ0) is 11.9. The van der Waals surface area contributed by atoms with Crippen LogP contribution in [0.1, 0.15) is 12.5 Å². The van der Waals surface area contributed by atoms with Gasteiger partial charge in [-0.2, -0.15) is 0 Å². The first-order valence-electron chi connectivity index (χ1n) is 5.11. The van der Waals surface area contributed by atoms with E-state index in [0.29, 0.717) is 13.1 Å². The number of rotatable bonds is 2. The Morgan fingerprint density at radius 2 is 2.06 bits per heavy atom. The van der Waals surface area contributed by atoms with E-state index in [9.17, 15) is 15.2 Å². The Hall–Kier alpha value is -1.62. The maximum atomic E-state index is 10.7. The van der Waals surface area contributed by atoms with E-state index in [1.165, 1.54) is 0 Å². The molecule has 2 rings (SSSR count). The molecule has 0 radical (unpaired) electrons. The standard InChI is InChI=1S/C11H14N2O3/c1-8-3-9(5-10(4-8)13(15)16)12-6-11(2,14)7-12/h3-5,14H,6-7H2,1-2H3. The zero-order valence-corrected chi connectivity index (χ0v) is 9.30. The number of hydrogen-bond donors (Lipinski definition) is 1. The largest absolute Gasteiger partial charge is 0.386 e. The molecule has 1 aliphatic heterocycles. The molecule has 0 atom stereocenters. The Kier molecular flexibility index (Phi) is 2.35. The fourth-order valence-corrected chi connectivity index (χ4v) is 1.99. The summed E-state index contributed by atoms with van der Waals surface area (Å²) in [6.07, 6.45) is 0. The summed E-state index contributed by atoms with van der Waals surface area (Å²) in [7, 11) is 0. The normalized spacial score (nSPS) is 18.1. The highest BCUT2D eigenvalue weighted by Crippen LogP contribution is 2.30. The van der Waals surface area contributed by atoms with Gasteiger partial charge in [-0.3, -0.25) is 10.1 Å². The molecule has 0 amide bonds. The first-order chi connectivity index (χ1) is 7.37. The van der Waals surface area contributed by atoms with Gasteiger partial charge in [0.2, 0.25) is 0 Å². The molecule has 1 N–H and O–H groups in total. The number of nitrogens with zero attached hydrogens (tertiary/aromatic N) is 2. The van der Waals surface area contributed by atoms with E-state index >= 15 is 0 Å². The molecule has 1 saturated heterocycles. The summed E-state index contributed by atoms with van der Waals surface area (Å²) < 4.78 is 0. The van der Waals surface area contributed by atoms with Crippen molar-refractivity contribution < 1.29 is 10.0 Å². The van der Waals surface area contributed by atoms with Crippen molar-refractivity contribution in [3.05, 3.63) is 33.9 Å². The molecule has 0 saturated carbocycles. The lowest BCUT2D eigenvalue weighted by Gasteiger charge is -2.45. The maximum absolute atomic E-state index is 10.7. The highest BCUT2D eigenvalue weighted by Gasteiger charge is 2.37. The van der Waals surface area contributed by atoms with Crippen LogP contribution in [0.4, 0.5) is 11.4 Å². The van der Waals surface area contributed by atoms with Crippen molar-refractivity contribution in [2.75, 3.05) is 18.0 Å².